The van der Waals surface area contributed by atoms with Crippen LogP contribution in [0.25, 0.3) is 22.4 Å². The van der Waals surface area contributed by atoms with E-state index in [0.717, 1.165) is 12.6 Å². The summed E-state index contributed by atoms with van der Waals surface area (Å²) in [5.74, 6) is -1.53. The molecule has 1 aromatic carbocycles. The van der Waals surface area contributed by atoms with Gasteiger partial charge >= 0.3 is 5.97 Å². The number of pyridine rings is 3. The third-order valence-corrected chi connectivity index (χ3v) is 6.87. The van der Waals surface area contributed by atoms with Crippen molar-refractivity contribution in [3.05, 3.63) is 94.5 Å². The van der Waals surface area contributed by atoms with E-state index in [4.69, 9.17) is 25.8 Å². The van der Waals surface area contributed by atoms with Gasteiger partial charge in [0.05, 0.1) is 24.5 Å². The average Bonchev–Trinajstić information content (AvgIpc) is 3.30. The SMILES string of the molecule is O=C(O)c1ccc2nc(COc3cc(-c4cccc(OCc5ccc(Cl)cc5F)n4)c(F)cn3)n(C[C@@H]3CCO3)c2n1. The van der Waals surface area contributed by atoms with Gasteiger partial charge in [-0.15, -0.1) is 0 Å². The maximum Gasteiger partial charge on any atom is 0.354 e. The molecule has 42 heavy (non-hydrogen) atoms. The molecule has 0 spiro atoms. The number of carboxylic acids is 1. The van der Waals surface area contributed by atoms with Gasteiger partial charge in [0.25, 0.3) is 0 Å². The fraction of sp³-hybridized carbons (Fsp3) is 0.207. The van der Waals surface area contributed by atoms with Crippen molar-refractivity contribution in [1.29, 1.82) is 0 Å². The molecular weight excluding hydrogens is 572 g/mol. The number of carbonyl (C=O) groups is 1. The third-order valence-electron chi connectivity index (χ3n) is 6.64. The van der Waals surface area contributed by atoms with Crippen LogP contribution in [0, 0.1) is 11.6 Å². The highest BCUT2D eigenvalue weighted by Crippen LogP contribution is 2.27. The van der Waals surface area contributed by atoms with Crippen molar-refractivity contribution in [1.82, 2.24) is 24.5 Å². The molecule has 1 fully saturated rings. The van der Waals surface area contributed by atoms with Gasteiger partial charge in [0.15, 0.2) is 17.2 Å². The minimum absolute atomic E-state index is 0.0488. The van der Waals surface area contributed by atoms with Crippen LogP contribution < -0.4 is 9.47 Å². The first-order chi connectivity index (χ1) is 20.3. The highest BCUT2D eigenvalue weighted by molar-refractivity contribution is 6.30. The van der Waals surface area contributed by atoms with Crippen molar-refractivity contribution in [3.8, 4) is 23.0 Å². The molecule has 0 radical (unpaired) electrons. The molecule has 0 amide bonds. The van der Waals surface area contributed by atoms with Gasteiger partial charge in [0, 0.05) is 34.9 Å². The molecule has 5 aromatic rings. The van der Waals surface area contributed by atoms with Crippen LogP contribution in [0.3, 0.4) is 0 Å². The van der Waals surface area contributed by atoms with E-state index in [1.54, 1.807) is 34.9 Å². The molecule has 214 valence electrons. The number of aromatic carboxylic acids is 1. The van der Waals surface area contributed by atoms with Crippen LogP contribution in [0.1, 0.15) is 28.3 Å². The number of hydrogen-bond acceptors (Lipinski definition) is 8. The van der Waals surface area contributed by atoms with Crippen molar-refractivity contribution in [2.75, 3.05) is 6.61 Å². The largest absolute Gasteiger partial charge is 0.477 e. The molecule has 0 bridgehead atoms. The Morgan fingerprint density at radius 2 is 1.86 bits per heavy atom. The minimum atomic E-state index is -1.15. The molecular formula is C29H22ClF2N5O5. The summed E-state index contributed by atoms with van der Waals surface area (Å²) in [6.45, 7) is 0.927. The number of fused-ring (bicyclic) bond motifs is 1. The van der Waals surface area contributed by atoms with E-state index in [1.165, 1.54) is 24.3 Å². The monoisotopic (exact) mass is 593 g/mol. The van der Waals surface area contributed by atoms with Crippen LogP contribution in [0.4, 0.5) is 8.78 Å². The van der Waals surface area contributed by atoms with Crippen LogP contribution in [0.2, 0.25) is 5.02 Å². The third kappa shape index (κ3) is 5.85. The van der Waals surface area contributed by atoms with Gasteiger partial charge in [-0.2, -0.15) is 0 Å². The Morgan fingerprint density at radius 3 is 2.62 bits per heavy atom. The molecule has 1 N–H and O–H groups in total. The Labute approximate surface area is 242 Å². The standard InChI is InChI=1S/C29H22ClF2N5O5/c30-17-5-4-16(20(31)10-17)14-41-26-3-1-2-22(35-26)19-11-27(33-12-21(19)32)42-15-25-34-23-6-7-24(29(38)39)36-28(23)37(25)13-18-8-9-40-18/h1-7,10-12,18H,8-9,13-15H2,(H,38,39)/t18-/m0/s1. The van der Waals surface area contributed by atoms with Crippen LogP contribution >= 0.6 is 11.6 Å². The van der Waals surface area contributed by atoms with Crippen LogP contribution in [-0.4, -0.2) is 48.3 Å². The number of imidazole rings is 1. The number of ether oxygens (including phenoxy) is 3. The molecule has 0 saturated carbocycles. The first-order valence-electron chi connectivity index (χ1n) is 12.9. The highest BCUT2D eigenvalue weighted by atomic mass is 35.5. The lowest BCUT2D eigenvalue weighted by Crippen LogP contribution is -2.32. The average molecular weight is 594 g/mol. The molecule has 1 atom stereocenters. The van der Waals surface area contributed by atoms with E-state index in [0.29, 0.717) is 35.7 Å². The van der Waals surface area contributed by atoms with Gasteiger partial charge < -0.3 is 23.9 Å². The first-order valence-corrected chi connectivity index (χ1v) is 13.3. The maximum absolute atomic E-state index is 14.8. The van der Waals surface area contributed by atoms with E-state index in [1.807, 2.05) is 0 Å². The van der Waals surface area contributed by atoms with Gasteiger partial charge in [0.1, 0.15) is 30.4 Å². The normalized spacial score (nSPS) is 14.5. The van der Waals surface area contributed by atoms with E-state index in [2.05, 4.69) is 19.9 Å². The summed E-state index contributed by atoms with van der Waals surface area (Å²) in [5, 5.41) is 9.66. The zero-order chi connectivity index (χ0) is 29.2. The van der Waals surface area contributed by atoms with Crippen molar-refractivity contribution in [2.45, 2.75) is 32.3 Å². The number of hydrogen-bond donors (Lipinski definition) is 1. The molecule has 13 heteroatoms. The Morgan fingerprint density at radius 1 is 1.02 bits per heavy atom. The van der Waals surface area contributed by atoms with E-state index < -0.39 is 17.6 Å². The zero-order valence-corrected chi connectivity index (χ0v) is 22.6. The van der Waals surface area contributed by atoms with E-state index in [-0.39, 0.29) is 53.1 Å². The second-order valence-corrected chi connectivity index (χ2v) is 9.88. The Bertz CT molecular complexity index is 1800. The zero-order valence-electron chi connectivity index (χ0n) is 21.8. The van der Waals surface area contributed by atoms with Gasteiger partial charge in [-0.1, -0.05) is 23.7 Å². The number of carboxylic acid groups (broad SMARTS) is 1. The highest BCUT2D eigenvalue weighted by Gasteiger charge is 2.23. The summed E-state index contributed by atoms with van der Waals surface area (Å²) in [4.78, 5) is 28.7. The molecule has 10 nitrogen and oxygen atoms in total. The van der Waals surface area contributed by atoms with E-state index in [9.17, 15) is 18.7 Å². The predicted octanol–water partition coefficient (Wildman–Crippen LogP) is 5.47. The van der Waals surface area contributed by atoms with Gasteiger partial charge in [0.2, 0.25) is 11.8 Å². The quantitative estimate of drug-likeness (QED) is 0.225. The molecule has 5 heterocycles. The Balaban J connectivity index is 1.22. The molecule has 4 aromatic heterocycles. The fourth-order valence-corrected chi connectivity index (χ4v) is 4.53. The number of rotatable bonds is 10. The van der Waals surface area contributed by atoms with Crippen LogP contribution in [-0.2, 0) is 24.5 Å². The fourth-order valence-electron chi connectivity index (χ4n) is 4.37. The smallest absolute Gasteiger partial charge is 0.354 e. The minimum Gasteiger partial charge on any atom is -0.477 e. The lowest BCUT2D eigenvalue weighted by molar-refractivity contribution is -0.0593. The molecule has 0 unspecified atom stereocenters. The molecule has 1 aliphatic rings. The number of halogens is 3. The van der Waals surface area contributed by atoms with Gasteiger partial charge in [-0.25, -0.2) is 33.5 Å². The molecule has 1 saturated heterocycles. The number of aromatic nitrogens is 5. The second kappa shape index (κ2) is 11.7. The number of benzene rings is 1. The molecule has 6 rings (SSSR count). The Kier molecular flexibility index (Phi) is 7.64. The topological polar surface area (TPSA) is 121 Å². The van der Waals surface area contributed by atoms with Crippen LogP contribution in [0.15, 0.2) is 60.8 Å². The molecule has 0 aliphatic carbocycles. The number of nitrogens with zero attached hydrogens (tertiary/aromatic N) is 5. The lowest BCUT2D eigenvalue weighted by Gasteiger charge is -2.27. The van der Waals surface area contributed by atoms with Crippen molar-refractivity contribution in [3.63, 3.8) is 0 Å². The van der Waals surface area contributed by atoms with Gasteiger partial charge in [-0.05, 0) is 36.8 Å². The summed E-state index contributed by atoms with van der Waals surface area (Å²) in [6, 6.07) is 13.5. The maximum atomic E-state index is 14.8. The second-order valence-electron chi connectivity index (χ2n) is 9.44. The van der Waals surface area contributed by atoms with Crippen molar-refractivity contribution >= 4 is 28.7 Å². The lowest BCUT2D eigenvalue weighted by atomic mass is 10.1. The summed E-state index contributed by atoms with van der Waals surface area (Å²) < 4.78 is 47.8. The summed E-state index contributed by atoms with van der Waals surface area (Å²) >= 11 is 5.80. The van der Waals surface area contributed by atoms with E-state index >= 15 is 0 Å². The molecule has 1 aliphatic heterocycles. The summed E-state index contributed by atoms with van der Waals surface area (Å²) in [7, 11) is 0. The van der Waals surface area contributed by atoms with Crippen molar-refractivity contribution < 1.29 is 32.9 Å². The summed E-state index contributed by atoms with van der Waals surface area (Å²) in [5.41, 5.74) is 1.47. The Hall–Kier alpha value is -4.68. The van der Waals surface area contributed by atoms with Crippen LogP contribution in [0.5, 0.6) is 11.8 Å². The van der Waals surface area contributed by atoms with Gasteiger partial charge in [-0.3, -0.25) is 0 Å². The predicted molar refractivity (Wildman–Crippen MR) is 146 cm³/mol. The van der Waals surface area contributed by atoms with Crippen molar-refractivity contribution in [2.24, 2.45) is 0 Å². The summed E-state index contributed by atoms with van der Waals surface area (Å²) in [6.07, 6.45) is 1.82. The first kappa shape index (κ1) is 27.5.